The fourth-order valence-electron chi connectivity index (χ4n) is 2.67. The van der Waals surface area contributed by atoms with E-state index in [2.05, 4.69) is 5.32 Å². The van der Waals surface area contributed by atoms with Gasteiger partial charge in [0.15, 0.2) is 6.23 Å². The molecule has 0 bridgehead atoms. The highest BCUT2D eigenvalue weighted by Crippen LogP contribution is 2.27. The predicted octanol–water partition coefficient (Wildman–Crippen LogP) is 1.08. The van der Waals surface area contributed by atoms with E-state index in [1.807, 2.05) is 42.5 Å². The maximum Gasteiger partial charge on any atom is 0.157 e. The van der Waals surface area contributed by atoms with Crippen molar-refractivity contribution in [3.63, 3.8) is 0 Å². The van der Waals surface area contributed by atoms with Crippen molar-refractivity contribution in [3.8, 4) is 0 Å². The number of nitrogens with one attached hydrogen (secondary N) is 1. The van der Waals surface area contributed by atoms with Crippen LogP contribution in [-0.4, -0.2) is 46.0 Å². The van der Waals surface area contributed by atoms with Crippen molar-refractivity contribution in [2.75, 3.05) is 5.32 Å². The Labute approximate surface area is 122 Å². The summed E-state index contributed by atoms with van der Waals surface area (Å²) < 4.78 is 5.56. The van der Waals surface area contributed by atoms with E-state index >= 15 is 0 Å². The Morgan fingerprint density at radius 1 is 0.905 bits per heavy atom. The zero-order chi connectivity index (χ0) is 15.0. The van der Waals surface area contributed by atoms with Gasteiger partial charge in [-0.05, 0) is 18.4 Å². The minimum atomic E-state index is -1.23. The lowest BCUT2D eigenvalue weighted by atomic mass is 9.98. The van der Waals surface area contributed by atoms with Crippen LogP contribution in [-0.2, 0) is 4.74 Å². The molecule has 5 nitrogen and oxygen atoms in total. The average Bonchev–Trinajstić information content (AvgIpc) is 2.51. The molecule has 3 rings (SSSR count). The predicted molar refractivity (Wildman–Crippen MR) is 79.9 cm³/mol. The van der Waals surface area contributed by atoms with Crippen LogP contribution in [0.25, 0.3) is 10.8 Å². The standard InChI is InChI=1S/C16H19NO4/c1-9-13(18)14(19)15(20)16(21-9)17-12-8-4-6-10-5-2-3-7-11(10)12/h2-9,13-20H,1H3/t9-,13+,14+,15+,16-/m1/s1. The van der Waals surface area contributed by atoms with E-state index in [0.29, 0.717) is 0 Å². The largest absolute Gasteiger partial charge is 0.388 e. The normalized spacial score (nSPS) is 33.0. The van der Waals surface area contributed by atoms with Gasteiger partial charge in [0.25, 0.3) is 0 Å². The first-order valence-electron chi connectivity index (χ1n) is 7.02. The lowest BCUT2D eigenvalue weighted by molar-refractivity contribution is -0.209. The third-order valence-electron chi connectivity index (χ3n) is 3.94. The van der Waals surface area contributed by atoms with Gasteiger partial charge in [-0.15, -0.1) is 0 Å². The van der Waals surface area contributed by atoms with E-state index in [-0.39, 0.29) is 0 Å². The van der Waals surface area contributed by atoms with Gasteiger partial charge in [-0.25, -0.2) is 0 Å². The molecule has 0 radical (unpaired) electrons. The van der Waals surface area contributed by atoms with Crippen molar-refractivity contribution >= 4 is 16.5 Å². The van der Waals surface area contributed by atoms with Gasteiger partial charge < -0.3 is 25.4 Å². The number of ether oxygens (including phenoxy) is 1. The zero-order valence-corrected chi connectivity index (χ0v) is 11.7. The van der Waals surface area contributed by atoms with E-state index < -0.39 is 30.6 Å². The second-order valence-corrected chi connectivity index (χ2v) is 5.40. The van der Waals surface area contributed by atoms with Gasteiger partial charge in [0.1, 0.15) is 18.3 Å². The Morgan fingerprint density at radius 3 is 2.43 bits per heavy atom. The highest BCUT2D eigenvalue weighted by Gasteiger charge is 2.41. The van der Waals surface area contributed by atoms with Gasteiger partial charge >= 0.3 is 0 Å². The summed E-state index contributed by atoms with van der Waals surface area (Å²) >= 11 is 0. The molecule has 2 aromatic carbocycles. The summed E-state index contributed by atoms with van der Waals surface area (Å²) in [4.78, 5) is 0. The minimum Gasteiger partial charge on any atom is -0.388 e. The summed E-state index contributed by atoms with van der Waals surface area (Å²) in [6.45, 7) is 1.66. The van der Waals surface area contributed by atoms with Gasteiger partial charge in [0, 0.05) is 11.1 Å². The lowest BCUT2D eigenvalue weighted by Crippen LogP contribution is -2.58. The Morgan fingerprint density at radius 2 is 1.62 bits per heavy atom. The molecular weight excluding hydrogens is 270 g/mol. The van der Waals surface area contributed by atoms with Crippen molar-refractivity contribution in [2.24, 2.45) is 0 Å². The van der Waals surface area contributed by atoms with Crippen LogP contribution in [0.2, 0.25) is 0 Å². The summed E-state index contributed by atoms with van der Waals surface area (Å²) in [5, 5.41) is 34.8. The van der Waals surface area contributed by atoms with Gasteiger partial charge in [-0.3, -0.25) is 0 Å². The number of hydrogen-bond acceptors (Lipinski definition) is 5. The number of anilines is 1. The second kappa shape index (κ2) is 5.61. The number of aliphatic hydroxyl groups is 3. The van der Waals surface area contributed by atoms with Crippen molar-refractivity contribution in [1.29, 1.82) is 0 Å². The van der Waals surface area contributed by atoms with Crippen molar-refractivity contribution < 1.29 is 20.1 Å². The van der Waals surface area contributed by atoms with Crippen LogP contribution in [0.1, 0.15) is 6.92 Å². The van der Waals surface area contributed by atoms with E-state index in [1.165, 1.54) is 0 Å². The summed E-state index contributed by atoms with van der Waals surface area (Å²) in [5.74, 6) is 0. The van der Waals surface area contributed by atoms with Crippen molar-refractivity contribution in [1.82, 2.24) is 0 Å². The molecule has 21 heavy (non-hydrogen) atoms. The highest BCUT2D eigenvalue weighted by atomic mass is 16.5. The first-order valence-corrected chi connectivity index (χ1v) is 7.02. The fourth-order valence-corrected chi connectivity index (χ4v) is 2.67. The molecule has 1 saturated heterocycles. The van der Waals surface area contributed by atoms with E-state index in [0.717, 1.165) is 16.5 Å². The van der Waals surface area contributed by atoms with Crippen LogP contribution >= 0.6 is 0 Å². The summed E-state index contributed by atoms with van der Waals surface area (Å²) in [6, 6.07) is 13.7. The van der Waals surface area contributed by atoms with Gasteiger partial charge in [-0.1, -0.05) is 36.4 Å². The third kappa shape index (κ3) is 2.61. The molecule has 0 aliphatic carbocycles. The number of benzene rings is 2. The molecular formula is C16H19NO4. The van der Waals surface area contributed by atoms with Crippen LogP contribution in [0.3, 0.4) is 0 Å². The van der Waals surface area contributed by atoms with Gasteiger partial charge in [-0.2, -0.15) is 0 Å². The number of hydrogen-bond donors (Lipinski definition) is 4. The summed E-state index contributed by atoms with van der Waals surface area (Å²) in [5.41, 5.74) is 0.813. The third-order valence-corrected chi connectivity index (χ3v) is 3.94. The highest BCUT2D eigenvalue weighted by molar-refractivity contribution is 5.93. The second-order valence-electron chi connectivity index (χ2n) is 5.40. The maximum absolute atomic E-state index is 10.1. The Hall–Kier alpha value is -1.66. The molecule has 112 valence electrons. The van der Waals surface area contributed by atoms with Crippen molar-refractivity contribution in [3.05, 3.63) is 42.5 Å². The molecule has 1 aliphatic heterocycles. The number of fused-ring (bicyclic) bond motifs is 1. The molecule has 0 amide bonds. The summed E-state index contributed by atoms with van der Waals surface area (Å²) in [7, 11) is 0. The molecule has 0 unspecified atom stereocenters. The number of aliphatic hydroxyl groups excluding tert-OH is 3. The zero-order valence-electron chi connectivity index (χ0n) is 11.7. The van der Waals surface area contributed by atoms with Crippen LogP contribution in [0, 0.1) is 0 Å². The van der Waals surface area contributed by atoms with Crippen LogP contribution in [0.15, 0.2) is 42.5 Å². The fraction of sp³-hybridized carbons (Fsp3) is 0.375. The minimum absolute atomic E-state index is 0.559. The molecule has 2 aromatic rings. The lowest BCUT2D eigenvalue weighted by Gasteiger charge is -2.40. The Bertz CT molecular complexity index is 627. The monoisotopic (exact) mass is 289 g/mol. The van der Waals surface area contributed by atoms with Gasteiger partial charge in [0.05, 0.1) is 6.10 Å². The first kappa shape index (κ1) is 14.3. The van der Waals surface area contributed by atoms with Crippen LogP contribution in [0.4, 0.5) is 5.69 Å². The molecule has 1 aliphatic rings. The van der Waals surface area contributed by atoms with Crippen LogP contribution in [0.5, 0.6) is 0 Å². The van der Waals surface area contributed by atoms with E-state index in [9.17, 15) is 15.3 Å². The Balaban J connectivity index is 1.88. The van der Waals surface area contributed by atoms with E-state index in [1.54, 1.807) is 6.92 Å². The SMILES string of the molecule is C[C@H]1O[C@@H](Nc2cccc3ccccc23)[C@@H](O)[C@@H](O)[C@H]1O. The summed E-state index contributed by atoms with van der Waals surface area (Å²) in [6.07, 6.45) is -4.86. The molecule has 1 heterocycles. The molecule has 5 atom stereocenters. The average molecular weight is 289 g/mol. The number of rotatable bonds is 2. The molecule has 5 heteroatoms. The molecule has 0 aromatic heterocycles. The first-order chi connectivity index (χ1) is 10.1. The van der Waals surface area contributed by atoms with Crippen LogP contribution < -0.4 is 5.32 Å². The Kier molecular flexibility index (Phi) is 3.82. The van der Waals surface area contributed by atoms with Gasteiger partial charge in [0.2, 0.25) is 0 Å². The van der Waals surface area contributed by atoms with E-state index in [4.69, 9.17) is 4.74 Å². The van der Waals surface area contributed by atoms with Crippen molar-refractivity contribution in [2.45, 2.75) is 37.6 Å². The quantitative estimate of drug-likeness (QED) is 0.665. The maximum atomic E-state index is 10.1. The topological polar surface area (TPSA) is 82.0 Å². The molecule has 1 fully saturated rings. The molecule has 4 N–H and O–H groups in total. The smallest absolute Gasteiger partial charge is 0.157 e. The molecule has 0 spiro atoms. The molecule has 0 saturated carbocycles.